The smallest absolute Gasteiger partial charge is 0.260 e. The monoisotopic (exact) mass is 1070 g/mol. The molecule has 0 bridgehead atoms. The van der Waals surface area contributed by atoms with Crippen LogP contribution in [0.2, 0.25) is 5.02 Å². The molecule has 6 N–H and O–H groups in total. The number of halogens is 2. The lowest BCUT2D eigenvalue weighted by atomic mass is 10.1. The van der Waals surface area contributed by atoms with E-state index in [1.54, 1.807) is 30.3 Å². The number of nitrogens with zero attached hydrogens (tertiary/aromatic N) is 9. The predicted octanol–water partition coefficient (Wildman–Crippen LogP) is 14.7. The Morgan fingerprint density at radius 2 is 0.760 bits per heavy atom. The Morgan fingerprint density at radius 3 is 1.17 bits per heavy atom. The van der Waals surface area contributed by atoms with E-state index >= 15 is 0 Å². The molecule has 3 aromatic carbocycles. The first-order valence-corrected chi connectivity index (χ1v) is 26.3. The van der Waals surface area contributed by atoms with Crippen LogP contribution in [0.4, 0.5) is 21.5 Å². The van der Waals surface area contributed by atoms with E-state index in [2.05, 4.69) is 73.2 Å². The zero-order valence-electron chi connectivity index (χ0n) is 42.4. The molecule has 0 saturated carbocycles. The van der Waals surface area contributed by atoms with Crippen LogP contribution in [-0.2, 0) is 0 Å². The van der Waals surface area contributed by atoms with Gasteiger partial charge in [0.15, 0.2) is 0 Å². The SMILES string of the molecule is Cc1ccccc1-c1nnc(-c2sc3nc(C)c(C)c(C)c3c2N)o1.Cc1nc2sc(-c3nnc(-c4ccc(Cl)cc4)o3)c(N)c2c(C)c1C.Cc1nc2sc(-c3nnc(-c4ccccc4F)o3)c(N)c2c(C)c1C. The maximum atomic E-state index is 13.9. The van der Waals surface area contributed by atoms with Gasteiger partial charge < -0.3 is 30.5 Å². The molecule has 12 rings (SSSR count). The van der Waals surface area contributed by atoms with Crippen LogP contribution >= 0.6 is 45.6 Å². The van der Waals surface area contributed by atoms with Crippen molar-refractivity contribution >= 4 is 93.3 Å². The van der Waals surface area contributed by atoms with E-state index in [4.69, 9.17) is 42.1 Å². The second-order valence-electron chi connectivity index (χ2n) is 18.0. The van der Waals surface area contributed by atoms with E-state index in [9.17, 15) is 4.39 Å². The molecule has 20 heteroatoms. The lowest BCUT2D eigenvalue weighted by Gasteiger charge is -2.05. The van der Waals surface area contributed by atoms with Gasteiger partial charge in [0.1, 0.15) is 34.9 Å². The molecule has 15 nitrogen and oxygen atoms in total. The zero-order valence-corrected chi connectivity index (χ0v) is 45.6. The largest absolute Gasteiger partial charge is 0.415 e. The first kappa shape index (κ1) is 50.6. The molecule has 0 spiro atoms. The van der Waals surface area contributed by atoms with Crippen molar-refractivity contribution in [2.75, 3.05) is 17.2 Å². The number of nitrogens with two attached hydrogens (primary N) is 3. The molecule has 0 unspecified atom stereocenters. The summed E-state index contributed by atoms with van der Waals surface area (Å²) in [5.41, 5.74) is 33.9. The summed E-state index contributed by atoms with van der Waals surface area (Å²) in [5.74, 6) is 1.76. The van der Waals surface area contributed by atoms with Crippen molar-refractivity contribution in [3.8, 4) is 66.7 Å². The fourth-order valence-electron chi connectivity index (χ4n) is 8.50. The van der Waals surface area contributed by atoms with Gasteiger partial charge in [-0.2, -0.15) is 0 Å². The number of fused-ring (bicyclic) bond motifs is 3. The maximum Gasteiger partial charge on any atom is 0.260 e. The summed E-state index contributed by atoms with van der Waals surface area (Å²) in [4.78, 5) is 18.8. The van der Waals surface area contributed by atoms with E-state index in [1.807, 2.05) is 77.9 Å². The lowest BCUT2D eigenvalue weighted by Crippen LogP contribution is -1.93. The lowest BCUT2D eigenvalue weighted by molar-refractivity contribution is 0.572. The molecule has 0 amide bonds. The second kappa shape index (κ2) is 20.0. The van der Waals surface area contributed by atoms with Gasteiger partial charge in [-0.25, -0.2) is 19.3 Å². The van der Waals surface area contributed by atoms with Gasteiger partial charge in [0.25, 0.3) is 23.6 Å². The standard InChI is InChI=1S/C19H18N4OS.C18H15ClN4OS.C18H15FN4OS/c1-9-7-5-6-8-13(9)17-22-23-18(24-17)16-15(20)14-11(3)10(2)12(4)21-19(14)25-16;1-8-9(2)13-14(20)15(25-18(13)21-10(8)3)17-23-22-16(24-17)11-4-6-12(19)7-5-11;1-8-9(2)13-14(20)15(25-18(13)21-10(8)3)17-23-22-16(24-17)11-6-4-5-7-12(11)19/h5-8H,20H2,1-4H3;2*4-7H,20H2,1-3H3. The van der Waals surface area contributed by atoms with Gasteiger partial charge in [0.2, 0.25) is 11.8 Å². The van der Waals surface area contributed by atoms with Gasteiger partial charge in [0.05, 0.1) is 22.6 Å². The number of hydrogen-bond acceptors (Lipinski definition) is 18. The van der Waals surface area contributed by atoms with Crippen LogP contribution in [0.15, 0.2) is 86.0 Å². The maximum absolute atomic E-state index is 13.9. The zero-order chi connectivity index (χ0) is 53.1. The average molecular weight is 1080 g/mol. The van der Waals surface area contributed by atoms with Crippen LogP contribution in [-0.4, -0.2) is 45.5 Å². The van der Waals surface area contributed by atoms with Gasteiger partial charge in [-0.05, 0) is 151 Å². The van der Waals surface area contributed by atoms with Crippen LogP contribution in [0.3, 0.4) is 0 Å². The Balaban J connectivity index is 0.000000128. The van der Waals surface area contributed by atoms with Crippen molar-refractivity contribution in [2.24, 2.45) is 0 Å². The van der Waals surface area contributed by atoms with E-state index in [0.717, 1.165) is 108 Å². The number of benzene rings is 3. The highest BCUT2D eigenvalue weighted by Gasteiger charge is 2.25. The number of rotatable bonds is 6. The summed E-state index contributed by atoms with van der Waals surface area (Å²) >= 11 is 10.3. The minimum atomic E-state index is -0.411. The average Bonchev–Trinajstić information content (AvgIpc) is 4.28. The summed E-state index contributed by atoms with van der Waals surface area (Å²) in [5, 5.41) is 28.3. The molecule has 12 aromatic rings. The normalized spacial score (nSPS) is 11.4. The first-order chi connectivity index (χ1) is 35.9. The number of aromatic nitrogens is 9. The molecule has 0 aliphatic rings. The summed E-state index contributed by atoms with van der Waals surface area (Å²) in [7, 11) is 0. The molecule has 0 aliphatic heterocycles. The van der Waals surface area contributed by atoms with Crippen molar-refractivity contribution in [3.05, 3.63) is 140 Å². The highest BCUT2D eigenvalue weighted by Crippen LogP contribution is 2.45. The third kappa shape index (κ3) is 9.25. The summed E-state index contributed by atoms with van der Waals surface area (Å²) in [6.07, 6.45) is 0. The molecule has 75 heavy (non-hydrogen) atoms. The Morgan fingerprint density at radius 1 is 0.413 bits per heavy atom. The third-order valence-corrected chi connectivity index (χ3v) is 17.0. The van der Waals surface area contributed by atoms with Crippen LogP contribution in [0.25, 0.3) is 97.3 Å². The Hall–Kier alpha value is -7.97. The number of aryl methyl sites for hydroxylation is 7. The molecule has 0 atom stereocenters. The van der Waals surface area contributed by atoms with Crippen molar-refractivity contribution in [3.63, 3.8) is 0 Å². The molecule has 9 heterocycles. The Kier molecular flexibility index (Phi) is 13.5. The quantitative estimate of drug-likeness (QED) is 0.140. The second-order valence-corrected chi connectivity index (χ2v) is 21.4. The number of nitrogen functional groups attached to an aromatic ring is 3. The highest BCUT2D eigenvalue weighted by atomic mass is 35.5. The number of pyridine rings is 3. The predicted molar refractivity (Wildman–Crippen MR) is 301 cm³/mol. The molecule has 378 valence electrons. The van der Waals surface area contributed by atoms with E-state index in [-0.39, 0.29) is 17.3 Å². The van der Waals surface area contributed by atoms with Crippen molar-refractivity contribution < 1.29 is 17.6 Å². The van der Waals surface area contributed by atoms with Crippen molar-refractivity contribution in [2.45, 2.75) is 69.2 Å². The van der Waals surface area contributed by atoms with Gasteiger partial charge in [-0.3, -0.25) is 0 Å². The topological polar surface area (TPSA) is 233 Å². The molecule has 0 saturated heterocycles. The molecular weight excluding hydrogens is 1030 g/mol. The minimum Gasteiger partial charge on any atom is -0.415 e. The number of thiophene rings is 3. The summed E-state index contributed by atoms with van der Waals surface area (Å²) in [6, 6.07) is 21.5. The Labute approximate surface area is 446 Å². The van der Waals surface area contributed by atoms with Gasteiger partial charge in [-0.15, -0.1) is 64.6 Å². The molecule has 0 aliphatic carbocycles. The molecule has 0 radical (unpaired) electrons. The van der Waals surface area contributed by atoms with Crippen LogP contribution < -0.4 is 17.2 Å². The van der Waals surface area contributed by atoms with Crippen LogP contribution in [0, 0.1) is 75.1 Å². The number of hydrogen-bond donors (Lipinski definition) is 3. The van der Waals surface area contributed by atoms with Crippen LogP contribution in [0.1, 0.15) is 56.0 Å². The molecule has 0 fully saturated rings. The third-order valence-electron chi connectivity index (χ3n) is 13.5. The first-order valence-electron chi connectivity index (χ1n) is 23.5. The highest BCUT2D eigenvalue weighted by molar-refractivity contribution is 7.23. The number of anilines is 3. The van der Waals surface area contributed by atoms with E-state index in [1.165, 1.54) is 40.1 Å². The summed E-state index contributed by atoms with van der Waals surface area (Å²) in [6.45, 7) is 20.3. The van der Waals surface area contributed by atoms with Crippen LogP contribution in [0.5, 0.6) is 0 Å². The fourth-order valence-corrected chi connectivity index (χ4v) is 12.0. The molecular formula is C55H48ClFN12O3S3. The van der Waals surface area contributed by atoms with E-state index in [0.29, 0.717) is 50.5 Å². The van der Waals surface area contributed by atoms with Crippen molar-refractivity contribution in [1.29, 1.82) is 0 Å². The Bertz CT molecular complexity index is 4000. The fraction of sp³-hybridized carbons (Fsp3) is 0.182. The van der Waals surface area contributed by atoms with Gasteiger partial charge >= 0.3 is 0 Å². The van der Waals surface area contributed by atoms with Gasteiger partial charge in [0, 0.05) is 49.4 Å². The van der Waals surface area contributed by atoms with E-state index < -0.39 is 5.82 Å². The minimum absolute atomic E-state index is 0.127. The summed E-state index contributed by atoms with van der Waals surface area (Å²) < 4.78 is 31.4. The van der Waals surface area contributed by atoms with Crippen molar-refractivity contribution in [1.82, 2.24) is 45.5 Å². The van der Waals surface area contributed by atoms with Gasteiger partial charge in [-0.1, -0.05) is 41.9 Å². The molecule has 9 aromatic heterocycles.